The molecule has 1 amide bonds. The van der Waals surface area contributed by atoms with E-state index in [1.165, 1.54) is 17.5 Å². The molecular weight excluding hydrogens is 346 g/mol. The Bertz CT molecular complexity index is 994. The maximum absolute atomic E-state index is 12.0. The predicted octanol–water partition coefficient (Wildman–Crippen LogP) is 2.74. The van der Waals surface area contributed by atoms with Crippen molar-refractivity contribution < 1.29 is 4.79 Å². The molecule has 0 saturated carbocycles. The highest BCUT2D eigenvalue weighted by atomic mass is 32.2. The molecule has 0 saturated heterocycles. The Morgan fingerprint density at radius 1 is 1.19 bits per heavy atom. The van der Waals surface area contributed by atoms with Crippen LogP contribution in [0.1, 0.15) is 21.6 Å². The van der Waals surface area contributed by atoms with E-state index in [2.05, 4.69) is 28.6 Å². The lowest BCUT2D eigenvalue weighted by Gasteiger charge is -2.20. The van der Waals surface area contributed by atoms with Crippen LogP contribution >= 0.6 is 11.9 Å². The largest absolute Gasteiger partial charge is 0.388 e. The molecule has 0 unspecified atom stereocenters. The summed E-state index contributed by atoms with van der Waals surface area (Å²) >= 11 is 1.19. The van der Waals surface area contributed by atoms with Gasteiger partial charge in [-0.3, -0.25) is 9.93 Å². The van der Waals surface area contributed by atoms with Gasteiger partial charge in [0, 0.05) is 28.8 Å². The van der Waals surface area contributed by atoms with Crippen LogP contribution in [0.4, 0.5) is 5.69 Å². The summed E-state index contributed by atoms with van der Waals surface area (Å²) < 4.78 is 1.82. The summed E-state index contributed by atoms with van der Waals surface area (Å²) in [4.78, 5) is 12.9. The molecule has 0 fully saturated rings. The summed E-state index contributed by atoms with van der Waals surface area (Å²) in [6, 6.07) is 14.1. The molecule has 6 nitrogen and oxygen atoms in total. The lowest BCUT2D eigenvalue weighted by molar-refractivity contribution is 0.0994. The Kier molecular flexibility index (Phi) is 4.18. The molecular formula is C19H19N5OS. The monoisotopic (exact) mass is 365 g/mol. The Hall–Kier alpha value is -2.77. The van der Waals surface area contributed by atoms with E-state index in [1.807, 2.05) is 36.0 Å². The number of carbonyl (C=O) groups is 1. The molecule has 0 spiro atoms. The minimum Gasteiger partial charge on any atom is -0.388 e. The number of primary amides is 1. The zero-order valence-electron chi connectivity index (χ0n) is 14.3. The maximum atomic E-state index is 12.0. The van der Waals surface area contributed by atoms with Gasteiger partial charge < -0.3 is 11.1 Å². The Balaban J connectivity index is 1.97. The number of carbonyl (C=O) groups excluding carboxylic acids is 1. The number of aryl methyl sites for hydroxylation is 1. The molecule has 7 heteroatoms. The predicted molar refractivity (Wildman–Crippen MR) is 105 cm³/mol. The van der Waals surface area contributed by atoms with Crippen LogP contribution in [-0.4, -0.2) is 22.7 Å². The molecule has 1 heterocycles. The van der Waals surface area contributed by atoms with Crippen LogP contribution in [0.25, 0.3) is 16.9 Å². The standard InChI is InChI=1S/C19H19N5OS/c1-22-12-4-2-11-3-9-15-17(19(20)25)23-24(18(15)16(11)10-12)13-5-7-14(26-21)8-6-13/h2,4-8,10,22H,3,9,21H2,1H3,(H2,20,25). The van der Waals surface area contributed by atoms with Crippen molar-refractivity contribution in [2.75, 3.05) is 12.4 Å². The number of nitrogens with one attached hydrogen (secondary N) is 1. The highest BCUT2D eigenvalue weighted by Crippen LogP contribution is 2.38. The average molecular weight is 365 g/mol. The van der Waals surface area contributed by atoms with Gasteiger partial charge in [0.1, 0.15) is 0 Å². The smallest absolute Gasteiger partial charge is 0.269 e. The van der Waals surface area contributed by atoms with Crippen molar-refractivity contribution in [1.82, 2.24) is 9.78 Å². The zero-order valence-corrected chi connectivity index (χ0v) is 15.1. The number of nitrogens with zero attached hydrogens (tertiary/aromatic N) is 2. The molecule has 1 aliphatic rings. The molecule has 1 aromatic heterocycles. The fourth-order valence-electron chi connectivity index (χ4n) is 3.44. The minimum atomic E-state index is -0.498. The molecule has 3 aromatic rings. The number of hydrogen-bond acceptors (Lipinski definition) is 5. The van der Waals surface area contributed by atoms with Crippen molar-refractivity contribution in [3.05, 3.63) is 59.3 Å². The Morgan fingerprint density at radius 2 is 1.96 bits per heavy atom. The fourth-order valence-corrected chi connectivity index (χ4v) is 3.74. The van der Waals surface area contributed by atoms with Gasteiger partial charge in [0.2, 0.25) is 0 Å². The van der Waals surface area contributed by atoms with Crippen molar-refractivity contribution in [2.24, 2.45) is 10.9 Å². The first-order chi connectivity index (χ1) is 12.6. The molecule has 0 bridgehead atoms. The van der Waals surface area contributed by atoms with Crippen LogP contribution in [0.5, 0.6) is 0 Å². The third-order valence-electron chi connectivity index (χ3n) is 4.73. The summed E-state index contributed by atoms with van der Waals surface area (Å²) in [7, 11) is 1.89. The zero-order chi connectivity index (χ0) is 18.3. The quantitative estimate of drug-likeness (QED) is 0.618. The molecule has 4 rings (SSSR count). The Labute approximate surface area is 155 Å². The second-order valence-corrected chi connectivity index (χ2v) is 6.89. The van der Waals surface area contributed by atoms with E-state index in [1.54, 1.807) is 0 Å². The number of nitrogens with two attached hydrogens (primary N) is 2. The van der Waals surface area contributed by atoms with E-state index < -0.39 is 5.91 Å². The minimum absolute atomic E-state index is 0.345. The third kappa shape index (κ3) is 2.65. The first-order valence-corrected chi connectivity index (χ1v) is 9.20. The molecule has 132 valence electrons. The molecule has 0 aliphatic heterocycles. The molecule has 5 N–H and O–H groups in total. The van der Waals surface area contributed by atoms with Crippen LogP contribution in [0.3, 0.4) is 0 Å². The average Bonchev–Trinajstić information content (AvgIpc) is 3.08. The second kappa shape index (κ2) is 6.51. The van der Waals surface area contributed by atoms with E-state index in [4.69, 9.17) is 10.9 Å². The number of fused-ring (bicyclic) bond motifs is 3. The van der Waals surface area contributed by atoms with E-state index in [9.17, 15) is 4.79 Å². The van der Waals surface area contributed by atoms with Gasteiger partial charge in [0.15, 0.2) is 5.69 Å². The van der Waals surface area contributed by atoms with Crippen LogP contribution in [0.2, 0.25) is 0 Å². The van der Waals surface area contributed by atoms with Crippen LogP contribution < -0.4 is 16.2 Å². The summed E-state index contributed by atoms with van der Waals surface area (Å²) in [5.74, 6) is -0.498. The number of anilines is 1. The van der Waals surface area contributed by atoms with Crippen molar-refractivity contribution in [3.63, 3.8) is 0 Å². The maximum Gasteiger partial charge on any atom is 0.269 e. The SMILES string of the molecule is CNc1ccc2c(c1)-c1c(c(C(N)=O)nn1-c1ccc(SN)cc1)CC2. The first-order valence-electron chi connectivity index (χ1n) is 8.32. The lowest BCUT2D eigenvalue weighted by atomic mass is 9.88. The summed E-state index contributed by atoms with van der Waals surface area (Å²) in [5.41, 5.74) is 12.0. The van der Waals surface area contributed by atoms with Gasteiger partial charge in [-0.1, -0.05) is 6.07 Å². The van der Waals surface area contributed by atoms with E-state index in [-0.39, 0.29) is 0 Å². The molecule has 2 aromatic carbocycles. The summed E-state index contributed by atoms with van der Waals surface area (Å²) in [5, 5.41) is 13.3. The number of aromatic nitrogens is 2. The fraction of sp³-hybridized carbons (Fsp3) is 0.158. The van der Waals surface area contributed by atoms with Crippen molar-refractivity contribution >= 4 is 23.5 Å². The highest BCUT2D eigenvalue weighted by molar-refractivity contribution is 7.97. The van der Waals surface area contributed by atoms with Crippen LogP contribution in [-0.2, 0) is 12.8 Å². The number of rotatable bonds is 4. The van der Waals surface area contributed by atoms with Crippen molar-refractivity contribution in [3.8, 4) is 16.9 Å². The van der Waals surface area contributed by atoms with Gasteiger partial charge >= 0.3 is 0 Å². The number of amides is 1. The van der Waals surface area contributed by atoms with Gasteiger partial charge in [-0.25, -0.2) is 4.68 Å². The van der Waals surface area contributed by atoms with E-state index in [0.717, 1.165) is 45.9 Å². The normalized spacial score (nSPS) is 12.4. The Morgan fingerprint density at radius 3 is 2.62 bits per heavy atom. The summed E-state index contributed by atoms with van der Waals surface area (Å²) in [6.45, 7) is 0. The second-order valence-electron chi connectivity index (χ2n) is 6.19. The third-order valence-corrected chi connectivity index (χ3v) is 5.28. The van der Waals surface area contributed by atoms with Crippen molar-refractivity contribution in [2.45, 2.75) is 17.7 Å². The van der Waals surface area contributed by atoms with Crippen LogP contribution in [0, 0.1) is 0 Å². The first kappa shape index (κ1) is 16.7. The van der Waals surface area contributed by atoms with Gasteiger partial charge in [-0.2, -0.15) is 5.10 Å². The van der Waals surface area contributed by atoms with Gasteiger partial charge in [0.05, 0.1) is 11.4 Å². The van der Waals surface area contributed by atoms with E-state index in [0.29, 0.717) is 5.69 Å². The lowest BCUT2D eigenvalue weighted by Crippen LogP contribution is -2.15. The summed E-state index contributed by atoms with van der Waals surface area (Å²) in [6.07, 6.45) is 1.61. The molecule has 26 heavy (non-hydrogen) atoms. The highest BCUT2D eigenvalue weighted by Gasteiger charge is 2.28. The molecule has 0 radical (unpaired) electrons. The van der Waals surface area contributed by atoms with Crippen molar-refractivity contribution in [1.29, 1.82) is 0 Å². The molecule has 0 atom stereocenters. The van der Waals surface area contributed by atoms with Crippen LogP contribution in [0.15, 0.2) is 47.4 Å². The molecule has 1 aliphatic carbocycles. The van der Waals surface area contributed by atoms with Gasteiger partial charge in [-0.15, -0.1) is 0 Å². The number of benzene rings is 2. The van der Waals surface area contributed by atoms with Gasteiger partial charge in [0.25, 0.3) is 5.91 Å². The van der Waals surface area contributed by atoms with Gasteiger partial charge in [-0.05, 0) is 66.8 Å². The topological polar surface area (TPSA) is 99.0 Å². The number of hydrogen-bond donors (Lipinski definition) is 3. The van der Waals surface area contributed by atoms with E-state index >= 15 is 0 Å².